The molecule has 1 amide bonds. The van der Waals surface area contributed by atoms with Gasteiger partial charge in [0.1, 0.15) is 10.8 Å². The van der Waals surface area contributed by atoms with Crippen molar-refractivity contribution in [2.75, 3.05) is 5.32 Å². The van der Waals surface area contributed by atoms with Crippen LogP contribution < -0.4 is 11.1 Å². The van der Waals surface area contributed by atoms with E-state index in [0.29, 0.717) is 0 Å². The van der Waals surface area contributed by atoms with Crippen molar-refractivity contribution in [3.63, 3.8) is 0 Å². The minimum absolute atomic E-state index is 0.0420. The van der Waals surface area contributed by atoms with Crippen LogP contribution in [-0.2, 0) is 4.79 Å². The van der Waals surface area contributed by atoms with Gasteiger partial charge in [0.25, 0.3) is 0 Å². The summed E-state index contributed by atoms with van der Waals surface area (Å²) in [5, 5.41) is 2.16. The van der Waals surface area contributed by atoms with E-state index in [9.17, 15) is 22.4 Å². The number of nitrogens with one attached hydrogen (secondary N) is 1. The van der Waals surface area contributed by atoms with Gasteiger partial charge >= 0.3 is 6.18 Å². The number of benzene rings is 1. The zero-order valence-corrected chi connectivity index (χ0v) is 10.4. The van der Waals surface area contributed by atoms with Crippen LogP contribution in [0.5, 0.6) is 0 Å². The maximum Gasteiger partial charge on any atom is 0.389 e. The first-order valence-corrected chi connectivity index (χ1v) is 5.56. The summed E-state index contributed by atoms with van der Waals surface area (Å²) in [4.78, 5) is 11.0. The average molecular weight is 294 g/mol. The lowest BCUT2D eigenvalue weighted by Crippen LogP contribution is -2.20. The molecule has 3 N–H and O–H groups in total. The predicted molar refractivity (Wildman–Crippen MR) is 66.2 cm³/mol. The van der Waals surface area contributed by atoms with Crippen molar-refractivity contribution < 1.29 is 22.4 Å². The van der Waals surface area contributed by atoms with Gasteiger partial charge in [0.15, 0.2) is 0 Å². The molecule has 8 heteroatoms. The van der Waals surface area contributed by atoms with E-state index >= 15 is 0 Å². The zero-order chi connectivity index (χ0) is 14.6. The lowest BCUT2D eigenvalue weighted by atomic mass is 10.1. The van der Waals surface area contributed by atoms with Crippen LogP contribution in [0.15, 0.2) is 18.2 Å². The molecule has 0 saturated heterocycles. The fraction of sp³-hybridized carbons (Fsp3) is 0.273. The third kappa shape index (κ3) is 4.82. The Hall–Kier alpha value is -1.70. The van der Waals surface area contributed by atoms with E-state index in [2.05, 4.69) is 17.5 Å². The van der Waals surface area contributed by atoms with Gasteiger partial charge in [-0.3, -0.25) is 4.79 Å². The Kier molecular flexibility index (Phi) is 4.82. The van der Waals surface area contributed by atoms with Crippen molar-refractivity contribution in [3.05, 3.63) is 29.6 Å². The number of halogens is 4. The number of amides is 1. The number of hydrogen-bond acceptors (Lipinski definition) is 2. The molecular weight excluding hydrogens is 284 g/mol. The van der Waals surface area contributed by atoms with Crippen LogP contribution >= 0.6 is 12.2 Å². The number of nitrogens with two attached hydrogens (primary N) is 1. The minimum Gasteiger partial charge on any atom is -0.389 e. The Morgan fingerprint density at radius 1 is 1.37 bits per heavy atom. The normalized spacial score (nSPS) is 11.2. The van der Waals surface area contributed by atoms with E-state index in [-0.39, 0.29) is 16.2 Å². The van der Waals surface area contributed by atoms with Crippen molar-refractivity contribution in [2.24, 2.45) is 5.73 Å². The van der Waals surface area contributed by atoms with E-state index in [4.69, 9.17) is 5.73 Å². The van der Waals surface area contributed by atoms with Crippen molar-refractivity contribution in [1.29, 1.82) is 0 Å². The standard InChI is InChI=1S/C11H10F4N2OS/c12-6-2-1-3-7(9(6)10(16)19)17-8(18)4-5-11(13,14)15/h1-3H,4-5H2,(H2,16,19)(H,17,18). The van der Waals surface area contributed by atoms with Gasteiger partial charge in [-0.1, -0.05) is 18.3 Å². The maximum atomic E-state index is 13.4. The monoisotopic (exact) mass is 294 g/mol. The first-order chi connectivity index (χ1) is 8.70. The molecule has 0 fully saturated rings. The van der Waals surface area contributed by atoms with Crippen molar-refractivity contribution >= 4 is 28.8 Å². The summed E-state index contributed by atoms with van der Waals surface area (Å²) in [7, 11) is 0. The Balaban J connectivity index is 2.80. The first-order valence-electron chi connectivity index (χ1n) is 5.15. The van der Waals surface area contributed by atoms with Crippen LogP contribution in [0.3, 0.4) is 0 Å². The molecule has 0 spiro atoms. The summed E-state index contributed by atoms with van der Waals surface area (Å²) >= 11 is 4.62. The molecule has 0 atom stereocenters. The Labute approximate surface area is 111 Å². The van der Waals surface area contributed by atoms with Gasteiger partial charge in [0.2, 0.25) is 5.91 Å². The molecule has 0 unspecified atom stereocenters. The lowest BCUT2D eigenvalue weighted by molar-refractivity contribution is -0.142. The lowest BCUT2D eigenvalue weighted by Gasteiger charge is -2.11. The van der Waals surface area contributed by atoms with Gasteiger partial charge in [-0.05, 0) is 12.1 Å². The smallest absolute Gasteiger partial charge is 0.389 e. The molecule has 104 valence electrons. The second kappa shape index (κ2) is 5.96. The fourth-order valence-electron chi connectivity index (χ4n) is 1.35. The Bertz CT molecular complexity index is 502. The molecule has 19 heavy (non-hydrogen) atoms. The van der Waals surface area contributed by atoms with E-state index < -0.39 is 30.7 Å². The quantitative estimate of drug-likeness (QED) is 0.663. The van der Waals surface area contributed by atoms with Gasteiger partial charge in [-0.15, -0.1) is 0 Å². The second-order valence-electron chi connectivity index (χ2n) is 3.69. The third-order valence-electron chi connectivity index (χ3n) is 2.17. The first kappa shape index (κ1) is 15.4. The summed E-state index contributed by atoms with van der Waals surface area (Å²) in [5.41, 5.74) is 5.06. The topological polar surface area (TPSA) is 55.1 Å². The molecule has 0 aliphatic carbocycles. The van der Waals surface area contributed by atoms with Crippen molar-refractivity contribution in [2.45, 2.75) is 19.0 Å². The molecule has 3 nitrogen and oxygen atoms in total. The van der Waals surface area contributed by atoms with Crippen molar-refractivity contribution in [3.8, 4) is 0 Å². The minimum atomic E-state index is -4.43. The molecular formula is C11H10F4N2OS. The fourth-order valence-corrected chi connectivity index (χ4v) is 1.55. The number of carbonyl (C=O) groups excluding carboxylic acids is 1. The van der Waals surface area contributed by atoms with Crippen LogP contribution in [0.1, 0.15) is 18.4 Å². The number of rotatable bonds is 4. The maximum absolute atomic E-state index is 13.4. The average Bonchev–Trinajstić information content (AvgIpc) is 2.25. The Morgan fingerprint density at radius 2 is 2.00 bits per heavy atom. The van der Waals surface area contributed by atoms with Crippen LogP contribution in [0.2, 0.25) is 0 Å². The highest BCUT2D eigenvalue weighted by Gasteiger charge is 2.28. The molecule has 1 aromatic carbocycles. The van der Waals surface area contributed by atoms with Crippen LogP contribution in [0, 0.1) is 5.82 Å². The number of carbonyl (C=O) groups is 1. The number of thiocarbonyl (C=S) groups is 1. The van der Waals surface area contributed by atoms with Crippen LogP contribution in [0.25, 0.3) is 0 Å². The van der Waals surface area contributed by atoms with Crippen LogP contribution in [-0.4, -0.2) is 17.1 Å². The van der Waals surface area contributed by atoms with E-state index in [1.54, 1.807) is 0 Å². The Morgan fingerprint density at radius 3 is 2.53 bits per heavy atom. The highest BCUT2D eigenvalue weighted by molar-refractivity contribution is 7.80. The van der Waals surface area contributed by atoms with Gasteiger partial charge in [0.05, 0.1) is 17.7 Å². The van der Waals surface area contributed by atoms with Gasteiger partial charge in [-0.2, -0.15) is 13.2 Å². The number of anilines is 1. The summed E-state index contributed by atoms with van der Waals surface area (Å²) in [5.74, 6) is -1.64. The predicted octanol–water partition coefficient (Wildman–Crippen LogP) is 2.74. The molecule has 1 rings (SSSR count). The van der Waals surface area contributed by atoms with E-state index in [1.165, 1.54) is 12.1 Å². The van der Waals surface area contributed by atoms with Gasteiger partial charge in [0, 0.05) is 6.42 Å². The van der Waals surface area contributed by atoms with E-state index in [0.717, 1.165) is 6.07 Å². The largest absolute Gasteiger partial charge is 0.389 e. The van der Waals surface area contributed by atoms with E-state index in [1.807, 2.05) is 0 Å². The molecule has 0 aliphatic rings. The molecule has 0 saturated carbocycles. The molecule has 0 radical (unpaired) electrons. The summed E-state index contributed by atoms with van der Waals surface area (Å²) in [6.45, 7) is 0. The van der Waals surface area contributed by atoms with Gasteiger partial charge < -0.3 is 11.1 Å². The second-order valence-corrected chi connectivity index (χ2v) is 4.13. The number of alkyl halides is 3. The highest BCUT2D eigenvalue weighted by atomic mass is 32.1. The molecule has 0 aliphatic heterocycles. The van der Waals surface area contributed by atoms with Crippen molar-refractivity contribution in [1.82, 2.24) is 0 Å². The summed E-state index contributed by atoms with van der Waals surface area (Å²) in [6, 6.07) is 3.68. The van der Waals surface area contributed by atoms with Gasteiger partial charge in [-0.25, -0.2) is 4.39 Å². The number of hydrogen-bond donors (Lipinski definition) is 2. The summed E-state index contributed by atoms with van der Waals surface area (Å²) < 4.78 is 49.3. The zero-order valence-electron chi connectivity index (χ0n) is 9.55. The molecule has 1 aromatic rings. The van der Waals surface area contributed by atoms with Crippen LogP contribution in [0.4, 0.5) is 23.2 Å². The third-order valence-corrected chi connectivity index (χ3v) is 2.37. The summed E-state index contributed by atoms with van der Waals surface area (Å²) in [6.07, 6.45) is -6.43. The SMILES string of the molecule is NC(=S)c1c(F)cccc1NC(=O)CCC(F)(F)F. The molecule has 0 heterocycles. The molecule has 0 bridgehead atoms. The molecule has 0 aromatic heterocycles. The highest BCUT2D eigenvalue weighted by Crippen LogP contribution is 2.23.